The Morgan fingerprint density at radius 2 is 1.45 bits per heavy atom. The first kappa shape index (κ1) is 35.0. The average Bonchev–Trinajstić information content (AvgIpc) is 2.96. The predicted octanol–water partition coefficient (Wildman–Crippen LogP) is 8.76. The SMILES string of the molecule is CC(C)N(CC[C@H](c1ccccc1)c1cc(CCCCOc2ccc(CCN(C(=O)O)C(C)(C)C)cc2)ccc1O)C(C)C. The number of aromatic hydroxyl groups is 1. The molecule has 44 heavy (non-hydrogen) atoms. The van der Waals surface area contributed by atoms with E-state index in [1.807, 2.05) is 63.2 Å². The van der Waals surface area contributed by atoms with Crippen LogP contribution in [0.4, 0.5) is 4.79 Å². The highest BCUT2D eigenvalue weighted by Gasteiger charge is 2.25. The Morgan fingerprint density at radius 1 is 0.818 bits per heavy atom. The van der Waals surface area contributed by atoms with Crippen LogP contribution in [0.3, 0.4) is 0 Å². The van der Waals surface area contributed by atoms with E-state index in [9.17, 15) is 15.0 Å². The number of nitrogens with zero attached hydrogens (tertiary/aromatic N) is 2. The van der Waals surface area contributed by atoms with Crippen molar-refractivity contribution in [3.8, 4) is 11.5 Å². The third-order valence-electron chi connectivity index (χ3n) is 8.39. The highest BCUT2D eigenvalue weighted by atomic mass is 16.5. The van der Waals surface area contributed by atoms with Crippen LogP contribution in [0.1, 0.15) is 95.9 Å². The van der Waals surface area contributed by atoms with Crippen LogP contribution >= 0.6 is 0 Å². The predicted molar refractivity (Wildman–Crippen MR) is 181 cm³/mol. The van der Waals surface area contributed by atoms with Crippen LogP contribution in [0.15, 0.2) is 72.8 Å². The van der Waals surface area contributed by atoms with Gasteiger partial charge < -0.3 is 19.8 Å². The Labute approximate surface area is 265 Å². The number of phenols is 1. The first-order valence-electron chi connectivity index (χ1n) is 16.2. The van der Waals surface area contributed by atoms with Crippen LogP contribution < -0.4 is 4.74 Å². The normalized spacial score (nSPS) is 12.6. The lowest BCUT2D eigenvalue weighted by atomic mass is 9.86. The number of phenolic OH excluding ortho intramolecular Hbond substituents is 1. The van der Waals surface area contributed by atoms with E-state index in [0.29, 0.717) is 37.4 Å². The van der Waals surface area contributed by atoms with Gasteiger partial charge in [0, 0.05) is 35.6 Å². The Morgan fingerprint density at radius 3 is 2.05 bits per heavy atom. The summed E-state index contributed by atoms with van der Waals surface area (Å²) in [5.74, 6) is 1.32. The molecule has 3 aromatic carbocycles. The van der Waals surface area contributed by atoms with Crippen LogP contribution in [-0.2, 0) is 12.8 Å². The number of carbonyl (C=O) groups is 1. The molecule has 6 nitrogen and oxygen atoms in total. The number of hydrogen-bond acceptors (Lipinski definition) is 4. The maximum absolute atomic E-state index is 11.6. The summed E-state index contributed by atoms with van der Waals surface area (Å²) in [6.45, 7) is 16.8. The molecule has 2 N–H and O–H groups in total. The molecule has 3 aromatic rings. The number of unbranched alkanes of at least 4 members (excludes halogenated alkanes) is 1. The van der Waals surface area contributed by atoms with E-state index < -0.39 is 11.6 Å². The quantitative estimate of drug-likeness (QED) is 0.160. The maximum atomic E-state index is 11.6. The molecule has 0 aromatic heterocycles. The van der Waals surface area contributed by atoms with Crippen molar-refractivity contribution in [3.63, 3.8) is 0 Å². The van der Waals surface area contributed by atoms with E-state index in [4.69, 9.17) is 4.74 Å². The maximum Gasteiger partial charge on any atom is 0.407 e. The second-order valence-electron chi connectivity index (χ2n) is 13.4. The number of aryl methyl sites for hydroxylation is 1. The monoisotopic (exact) mass is 602 g/mol. The van der Waals surface area contributed by atoms with E-state index in [0.717, 1.165) is 49.1 Å². The van der Waals surface area contributed by atoms with Crippen LogP contribution in [0.2, 0.25) is 0 Å². The molecule has 0 heterocycles. The van der Waals surface area contributed by atoms with E-state index in [1.165, 1.54) is 16.0 Å². The molecule has 0 aliphatic heterocycles. The summed E-state index contributed by atoms with van der Waals surface area (Å²) < 4.78 is 6.00. The summed E-state index contributed by atoms with van der Waals surface area (Å²) >= 11 is 0. The minimum absolute atomic E-state index is 0.128. The first-order valence-corrected chi connectivity index (χ1v) is 16.2. The number of ether oxygens (including phenoxy) is 1. The minimum atomic E-state index is -0.892. The fraction of sp³-hybridized carbons (Fsp3) is 0.500. The van der Waals surface area contributed by atoms with Gasteiger partial charge in [-0.3, -0.25) is 4.90 Å². The molecule has 1 amide bonds. The molecule has 0 spiro atoms. The molecular weight excluding hydrogens is 548 g/mol. The molecule has 240 valence electrons. The van der Waals surface area contributed by atoms with Gasteiger partial charge in [0.25, 0.3) is 0 Å². The van der Waals surface area contributed by atoms with Crippen LogP contribution in [-0.4, -0.2) is 63.4 Å². The van der Waals surface area contributed by atoms with Crippen molar-refractivity contribution in [2.24, 2.45) is 0 Å². The van der Waals surface area contributed by atoms with Crippen molar-refractivity contribution in [1.82, 2.24) is 9.80 Å². The minimum Gasteiger partial charge on any atom is -0.508 e. The lowest BCUT2D eigenvalue weighted by molar-refractivity contribution is 0.101. The Bertz CT molecular complexity index is 1270. The van der Waals surface area contributed by atoms with E-state index in [1.54, 1.807) is 0 Å². The standard InChI is InChI=1S/C38H54N2O4/c1-28(2)39(29(3)4)24-23-34(32-14-9-8-10-15-32)35-27-31(18-21-36(35)41)13-11-12-26-44-33-19-16-30(17-20-33)22-25-40(37(42)43)38(5,6)7/h8-10,14-21,27-29,34,41H,11-13,22-26H2,1-7H3,(H,42,43)/t34-/m1/s1. The molecule has 0 bridgehead atoms. The zero-order chi connectivity index (χ0) is 32.3. The van der Waals surface area contributed by atoms with Gasteiger partial charge in [-0.1, -0.05) is 54.6 Å². The molecular formula is C38H54N2O4. The topological polar surface area (TPSA) is 73.2 Å². The second kappa shape index (κ2) is 16.5. The molecule has 0 saturated heterocycles. The van der Waals surface area contributed by atoms with Gasteiger partial charge in [0.1, 0.15) is 11.5 Å². The molecule has 3 rings (SSSR count). The molecule has 1 atom stereocenters. The summed E-state index contributed by atoms with van der Waals surface area (Å²) in [6, 6.07) is 25.6. The van der Waals surface area contributed by atoms with Gasteiger partial charge in [-0.15, -0.1) is 0 Å². The van der Waals surface area contributed by atoms with Gasteiger partial charge in [0.05, 0.1) is 6.61 Å². The molecule has 0 aliphatic rings. The second-order valence-corrected chi connectivity index (χ2v) is 13.4. The van der Waals surface area contributed by atoms with Crippen molar-refractivity contribution in [2.75, 3.05) is 19.7 Å². The summed E-state index contributed by atoms with van der Waals surface area (Å²) in [5, 5.41) is 20.5. The Balaban J connectivity index is 1.55. The summed E-state index contributed by atoms with van der Waals surface area (Å²) in [7, 11) is 0. The first-order chi connectivity index (χ1) is 20.9. The zero-order valence-corrected chi connectivity index (χ0v) is 27.9. The van der Waals surface area contributed by atoms with E-state index in [-0.39, 0.29) is 5.92 Å². The fourth-order valence-electron chi connectivity index (χ4n) is 5.95. The van der Waals surface area contributed by atoms with E-state index in [2.05, 4.69) is 62.9 Å². The van der Waals surface area contributed by atoms with Crippen LogP contribution in [0, 0.1) is 0 Å². The molecule has 0 saturated carbocycles. The van der Waals surface area contributed by atoms with Crippen molar-refractivity contribution >= 4 is 6.09 Å². The molecule has 0 aliphatic carbocycles. The molecule has 6 heteroatoms. The van der Waals surface area contributed by atoms with Gasteiger partial charge in [-0.25, -0.2) is 4.79 Å². The van der Waals surface area contributed by atoms with Gasteiger partial charge in [0.2, 0.25) is 0 Å². The molecule has 0 fully saturated rings. The highest BCUT2D eigenvalue weighted by molar-refractivity contribution is 5.66. The smallest absolute Gasteiger partial charge is 0.407 e. The number of carboxylic acid groups (broad SMARTS) is 1. The van der Waals surface area contributed by atoms with Crippen LogP contribution in [0.25, 0.3) is 0 Å². The lowest BCUT2D eigenvalue weighted by Gasteiger charge is -2.33. The van der Waals surface area contributed by atoms with Gasteiger partial charge in [-0.05, 0) is 122 Å². The number of rotatable bonds is 16. The lowest BCUT2D eigenvalue weighted by Crippen LogP contribution is -2.45. The van der Waals surface area contributed by atoms with Crippen molar-refractivity contribution in [3.05, 3.63) is 95.1 Å². The molecule has 0 unspecified atom stereocenters. The highest BCUT2D eigenvalue weighted by Crippen LogP contribution is 2.35. The van der Waals surface area contributed by atoms with E-state index >= 15 is 0 Å². The fourth-order valence-corrected chi connectivity index (χ4v) is 5.95. The van der Waals surface area contributed by atoms with Gasteiger partial charge >= 0.3 is 6.09 Å². The zero-order valence-electron chi connectivity index (χ0n) is 27.9. The summed E-state index contributed by atoms with van der Waals surface area (Å²) in [4.78, 5) is 15.6. The Kier molecular flexibility index (Phi) is 13.1. The Hall–Kier alpha value is -3.51. The van der Waals surface area contributed by atoms with Gasteiger partial charge in [-0.2, -0.15) is 0 Å². The summed E-state index contributed by atoms with van der Waals surface area (Å²) in [5.41, 5.74) is 4.14. The average molecular weight is 603 g/mol. The van der Waals surface area contributed by atoms with Crippen LogP contribution in [0.5, 0.6) is 11.5 Å². The molecule has 0 radical (unpaired) electrons. The number of benzene rings is 3. The largest absolute Gasteiger partial charge is 0.508 e. The third-order valence-corrected chi connectivity index (χ3v) is 8.39. The third kappa shape index (κ3) is 10.6. The van der Waals surface area contributed by atoms with Crippen molar-refractivity contribution < 1.29 is 19.7 Å². The number of amides is 1. The van der Waals surface area contributed by atoms with Crippen molar-refractivity contribution in [2.45, 2.75) is 104 Å². The van der Waals surface area contributed by atoms with Gasteiger partial charge in [0.15, 0.2) is 0 Å². The number of hydrogen-bond donors (Lipinski definition) is 2. The summed E-state index contributed by atoms with van der Waals surface area (Å²) in [6.07, 6.45) is 3.56. The van der Waals surface area contributed by atoms with Crippen molar-refractivity contribution in [1.29, 1.82) is 0 Å².